The van der Waals surface area contributed by atoms with Gasteiger partial charge in [0.25, 0.3) is 0 Å². The lowest BCUT2D eigenvalue weighted by Crippen LogP contribution is -2.45. The van der Waals surface area contributed by atoms with E-state index in [1.165, 1.54) is 0 Å². The van der Waals surface area contributed by atoms with Gasteiger partial charge in [-0.15, -0.1) is 0 Å². The van der Waals surface area contributed by atoms with Crippen molar-refractivity contribution in [2.24, 2.45) is 0 Å². The largest absolute Gasteiger partial charge is 0.443 e. The zero-order valence-corrected chi connectivity index (χ0v) is 11.1. The molecule has 1 aromatic carbocycles. The molecule has 1 aliphatic heterocycles. The fourth-order valence-corrected chi connectivity index (χ4v) is 2.03. The van der Waals surface area contributed by atoms with Crippen LogP contribution in [-0.4, -0.2) is 16.6 Å². The SMILES string of the molecule is C=C1CC(c2ccccc2)N1C(=O)OC(C)(C)C. The molecule has 1 aromatic rings. The van der Waals surface area contributed by atoms with Crippen LogP contribution in [0.1, 0.15) is 38.8 Å². The minimum atomic E-state index is -0.478. The molecule has 1 heterocycles. The van der Waals surface area contributed by atoms with Gasteiger partial charge in [-0.3, -0.25) is 4.90 Å². The van der Waals surface area contributed by atoms with Crippen LogP contribution in [0.4, 0.5) is 4.79 Å². The summed E-state index contributed by atoms with van der Waals surface area (Å²) in [5, 5.41) is 0. The van der Waals surface area contributed by atoms with Gasteiger partial charge in [-0.2, -0.15) is 0 Å². The van der Waals surface area contributed by atoms with Crippen LogP contribution in [0.25, 0.3) is 0 Å². The lowest BCUT2D eigenvalue weighted by molar-refractivity contribution is 0.0106. The number of hydrogen-bond acceptors (Lipinski definition) is 2. The number of benzene rings is 1. The maximum Gasteiger partial charge on any atom is 0.415 e. The molecule has 1 atom stereocenters. The van der Waals surface area contributed by atoms with Crippen LogP contribution < -0.4 is 0 Å². The van der Waals surface area contributed by atoms with E-state index in [1.54, 1.807) is 4.90 Å². The van der Waals surface area contributed by atoms with Gasteiger partial charge in [0.15, 0.2) is 0 Å². The van der Waals surface area contributed by atoms with E-state index >= 15 is 0 Å². The van der Waals surface area contributed by atoms with Gasteiger partial charge in [0.2, 0.25) is 0 Å². The summed E-state index contributed by atoms with van der Waals surface area (Å²) in [7, 11) is 0. The van der Waals surface area contributed by atoms with Crippen molar-refractivity contribution in [3.05, 3.63) is 48.2 Å². The molecule has 1 amide bonds. The molecule has 1 unspecified atom stereocenters. The summed E-state index contributed by atoms with van der Waals surface area (Å²) in [6, 6.07) is 10.0. The highest BCUT2D eigenvalue weighted by Gasteiger charge is 2.39. The van der Waals surface area contributed by atoms with Crippen LogP contribution in [0.2, 0.25) is 0 Å². The second-order valence-electron chi connectivity index (χ2n) is 5.55. The quantitative estimate of drug-likeness (QED) is 0.751. The van der Waals surface area contributed by atoms with Crippen molar-refractivity contribution < 1.29 is 9.53 Å². The highest BCUT2D eigenvalue weighted by atomic mass is 16.6. The van der Waals surface area contributed by atoms with Crippen molar-refractivity contribution in [1.29, 1.82) is 0 Å². The van der Waals surface area contributed by atoms with Crippen LogP contribution in [0.15, 0.2) is 42.6 Å². The van der Waals surface area contributed by atoms with Gasteiger partial charge in [0.1, 0.15) is 5.60 Å². The Morgan fingerprint density at radius 1 is 1.33 bits per heavy atom. The van der Waals surface area contributed by atoms with Crippen molar-refractivity contribution in [2.75, 3.05) is 0 Å². The highest BCUT2D eigenvalue weighted by molar-refractivity contribution is 5.73. The molecule has 1 saturated heterocycles. The maximum absolute atomic E-state index is 12.1. The smallest absolute Gasteiger partial charge is 0.415 e. The van der Waals surface area contributed by atoms with Gasteiger partial charge in [-0.05, 0) is 26.3 Å². The molecule has 0 saturated carbocycles. The average molecular weight is 245 g/mol. The zero-order chi connectivity index (χ0) is 13.3. The lowest BCUT2D eigenvalue weighted by Gasteiger charge is -2.43. The van der Waals surface area contributed by atoms with Gasteiger partial charge in [0, 0.05) is 12.1 Å². The Labute approximate surface area is 108 Å². The molecule has 0 N–H and O–H groups in total. The summed E-state index contributed by atoms with van der Waals surface area (Å²) in [6.07, 6.45) is 0.496. The van der Waals surface area contributed by atoms with Crippen LogP contribution in [-0.2, 0) is 4.74 Å². The lowest BCUT2D eigenvalue weighted by atomic mass is 9.92. The number of hydrogen-bond donors (Lipinski definition) is 0. The molecule has 96 valence electrons. The Hall–Kier alpha value is -1.77. The van der Waals surface area contributed by atoms with E-state index in [0.29, 0.717) is 0 Å². The van der Waals surface area contributed by atoms with E-state index in [4.69, 9.17) is 4.74 Å². The molecule has 2 rings (SSSR count). The van der Waals surface area contributed by atoms with Crippen molar-refractivity contribution in [3.8, 4) is 0 Å². The van der Waals surface area contributed by atoms with Crippen LogP contribution in [0.3, 0.4) is 0 Å². The van der Waals surface area contributed by atoms with Gasteiger partial charge in [-0.25, -0.2) is 4.79 Å². The third kappa shape index (κ3) is 2.55. The first-order valence-corrected chi connectivity index (χ1v) is 6.13. The van der Waals surface area contributed by atoms with E-state index in [2.05, 4.69) is 6.58 Å². The molecule has 1 aliphatic rings. The zero-order valence-electron chi connectivity index (χ0n) is 11.1. The predicted octanol–water partition coefficient (Wildman–Crippen LogP) is 3.88. The second-order valence-corrected chi connectivity index (χ2v) is 5.55. The Bertz CT molecular complexity index is 459. The average Bonchev–Trinajstić information content (AvgIpc) is 2.24. The van der Waals surface area contributed by atoms with Gasteiger partial charge >= 0.3 is 6.09 Å². The molecule has 3 heteroatoms. The highest BCUT2D eigenvalue weighted by Crippen LogP contribution is 2.41. The molecule has 0 aromatic heterocycles. The van der Waals surface area contributed by atoms with Crippen LogP contribution in [0.5, 0.6) is 0 Å². The number of likely N-dealkylation sites (tertiary alicyclic amines) is 1. The molecular weight excluding hydrogens is 226 g/mol. The van der Waals surface area contributed by atoms with E-state index in [-0.39, 0.29) is 12.1 Å². The van der Waals surface area contributed by atoms with Crippen molar-refractivity contribution in [3.63, 3.8) is 0 Å². The molecule has 1 fully saturated rings. The number of carbonyl (C=O) groups excluding carboxylic acids is 1. The van der Waals surface area contributed by atoms with E-state index in [1.807, 2.05) is 51.1 Å². The second kappa shape index (κ2) is 4.48. The fraction of sp³-hybridized carbons (Fsp3) is 0.400. The third-order valence-electron chi connectivity index (χ3n) is 2.86. The first-order chi connectivity index (χ1) is 8.38. The van der Waals surface area contributed by atoms with E-state index < -0.39 is 5.60 Å². The minimum absolute atomic E-state index is 0.0635. The normalized spacial score (nSPS) is 19.4. The van der Waals surface area contributed by atoms with Gasteiger partial charge < -0.3 is 4.74 Å². The molecule has 0 radical (unpaired) electrons. The maximum atomic E-state index is 12.1. The fourth-order valence-electron chi connectivity index (χ4n) is 2.03. The number of carbonyl (C=O) groups is 1. The van der Waals surface area contributed by atoms with Gasteiger partial charge in [-0.1, -0.05) is 36.9 Å². The molecule has 18 heavy (non-hydrogen) atoms. The molecular formula is C15H19NO2. The number of rotatable bonds is 1. The Balaban J connectivity index is 2.12. The summed E-state index contributed by atoms with van der Waals surface area (Å²) in [4.78, 5) is 13.7. The van der Waals surface area contributed by atoms with Crippen LogP contribution >= 0.6 is 0 Å². The van der Waals surface area contributed by atoms with Gasteiger partial charge in [0.05, 0.1) is 6.04 Å². The Morgan fingerprint density at radius 3 is 2.44 bits per heavy atom. The summed E-state index contributed by atoms with van der Waals surface area (Å²) in [5.41, 5.74) is 1.46. The summed E-state index contributed by atoms with van der Waals surface area (Å²) in [6.45, 7) is 9.49. The van der Waals surface area contributed by atoms with Crippen LogP contribution in [0, 0.1) is 0 Å². The summed E-state index contributed by atoms with van der Waals surface area (Å²) >= 11 is 0. The standard InChI is InChI=1S/C15H19NO2/c1-11-10-13(12-8-6-5-7-9-12)16(11)14(17)18-15(2,3)4/h5-9,13H,1,10H2,2-4H3. The van der Waals surface area contributed by atoms with E-state index in [9.17, 15) is 4.79 Å². The number of ether oxygens (including phenoxy) is 1. The van der Waals surface area contributed by atoms with Crippen molar-refractivity contribution >= 4 is 6.09 Å². The number of nitrogens with zero attached hydrogens (tertiary/aromatic N) is 1. The summed E-state index contributed by atoms with van der Waals surface area (Å²) < 4.78 is 5.39. The van der Waals surface area contributed by atoms with Crippen molar-refractivity contribution in [1.82, 2.24) is 4.90 Å². The Morgan fingerprint density at radius 2 is 1.94 bits per heavy atom. The summed E-state index contributed by atoms with van der Waals surface area (Å²) in [5.74, 6) is 0. The topological polar surface area (TPSA) is 29.5 Å². The first-order valence-electron chi connectivity index (χ1n) is 6.13. The molecule has 3 nitrogen and oxygen atoms in total. The van der Waals surface area contributed by atoms with E-state index in [0.717, 1.165) is 17.7 Å². The predicted molar refractivity (Wildman–Crippen MR) is 71.0 cm³/mol. The molecule has 0 spiro atoms. The van der Waals surface area contributed by atoms with Crippen molar-refractivity contribution in [2.45, 2.75) is 38.8 Å². The minimum Gasteiger partial charge on any atom is -0.443 e. The Kier molecular flexibility index (Phi) is 3.16. The third-order valence-corrected chi connectivity index (χ3v) is 2.86. The molecule has 0 bridgehead atoms. The molecule has 0 aliphatic carbocycles. The number of amides is 1. The monoisotopic (exact) mass is 245 g/mol. The first kappa shape index (κ1) is 12.7.